The second-order valence-corrected chi connectivity index (χ2v) is 8.25. The number of alkyl halides is 1. The maximum Gasteiger partial charge on any atom is 0.244 e. The van der Waals surface area contributed by atoms with Gasteiger partial charge in [-0.15, -0.1) is 11.6 Å². The molecule has 1 aromatic heterocycles. The Labute approximate surface area is 133 Å². The third-order valence-electron chi connectivity index (χ3n) is 4.25. The van der Waals surface area contributed by atoms with E-state index in [-0.39, 0.29) is 6.04 Å². The Kier molecular flexibility index (Phi) is 5.38. The molecule has 0 radical (unpaired) electrons. The number of aromatic nitrogens is 1. The van der Waals surface area contributed by atoms with Gasteiger partial charge in [-0.25, -0.2) is 8.42 Å². The van der Waals surface area contributed by atoms with Crippen LogP contribution in [0.25, 0.3) is 0 Å². The third-order valence-corrected chi connectivity index (χ3v) is 6.50. The number of hydrogen-bond donors (Lipinski definition) is 0. The van der Waals surface area contributed by atoms with Crippen molar-refractivity contribution in [2.45, 2.75) is 63.4 Å². The fourth-order valence-electron chi connectivity index (χ4n) is 3.10. The van der Waals surface area contributed by atoms with E-state index in [9.17, 15) is 8.42 Å². The number of aryl methyl sites for hydroxylation is 1. The van der Waals surface area contributed by atoms with Crippen molar-refractivity contribution in [3.8, 4) is 0 Å². The highest BCUT2D eigenvalue weighted by Gasteiger charge is 2.34. The molecule has 21 heavy (non-hydrogen) atoms. The Hall–Kier alpha value is -0.520. The summed E-state index contributed by atoms with van der Waals surface area (Å²) in [4.78, 5) is 0.382. The Morgan fingerprint density at radius 2 is 2.10 bits per heavy atom. The molecule has 0 spiro atoms. The van der Waals surface area contributed by atoms with Crippen molar-refractivity contribution in [1.82, 2.24) is 8.87 Å². The van der Waals surface area contributed by atoms with Crippen LogP contribution in [0.5, 0.6) is 0 Å². The summed E-state index contributed by atoms with van der Waals surface area (Å²) in [6.45, 7) is 7.66. The molecule has 2 unspecified atom stereocenters. The summed E-state index contributed by atoms with van der Waals surface area (Å²) in [6.07, 6.45) is 4.55. The van der Waals surface area contributed by atoms with Crippen molar-refractivity contribution < 1.29 is 8.42 Å². The maximum atomic E-state index is 12.9. The SMILES string of the molecule is CCCn1cc(S(=O)(=O)N2CCC(C)CC2C)cc1CCl. The molecule has 1 aliphatic rings. The first-order chi connectivity index (χ1) is 9.90. The van der Waals surface area contributed by atoms with Gasteiger partial charge in [-0.3, -0.25) is 0 Å². The van der Waals surface area contributed by atoms with Gasteiger partial charge in [-0.05, 0) is 38.2 Å². The largest absolute Gasteiger partial charge is 0.349 e. The van der Waals surface area contributed by atoms with Gasteiger partial charge in [0.2, 0.25) is 10.0 Å². The fourth-order valence-corrected chi connectivity index (χ4v) is 5.06. The lowest BCUT2D eigenvalue weighted by Crippen LogP contribution is -2.43. The highest BCUT2D eigenvalue weighted by Crippen LogP contribution is 2.29. The van der Waals surface area contributed by atoms with Gasteiger partial charge in [-0.1, -0.05) is 13.8 Å². The van der Waals surface area contributed by atoms with Gasteiger partial charge in [0, 0.05) is 31.0 Å². The molecule has 0 saturated carbocycles. The molecule has 120 valence electrons. The van der Waals surface area contributed by atoms with Crippen LogP contribution in [0.2, 0.25) is 0 Å². The Morgan fingerprint density at radius 1 is 1.38 bits per heavy atom. The van der Waals surface area contributed by atoms with Crippen molar-refractivity contribution in [3.05, 3.63) is 18.0 Å². The van der Waals surface area contributed by atoms with Crippen LogP contribution in [-0.2, 0) is 22.4 Å². The van der Waals surface area contributed by atoms with Gasteiger partial charge in [0.05, 0.1) is 5.88 Å². The first-order valence-corrected chi connectivity index (χ1v) is 9.64. The molecule has 0 amide bonds. The second kappa shape index (κ2) is 6.71. The van der Waals surface area contributed by atoms with Crippen LogP contribution < -0.4 is 0 Å². The van der Waals surface area contributed by atoms with Crippen LogP contribution in [0, 0.1) is 5.92 Å². The van der Waals surface area contributed by atoms with Crippen molar-refractivity contribution in [2.24, 2.45) is 5.92 Å². The predicted molar refractivity (Wildman–Crippen MR) is 86.0 cm³/mol. The normalized spacial score (nSPS) is 24.4. The molecule has 0 bridgehead atoms. The first-order valence-electron chi connectivity index (χ1n) is 7.67. The lowest BCUT2D eigenvalue weighted by Gasteiger charge is -2.35. The highest BCUT2D eigenvalue weighted by atomic mass is 35.5. The van der Waals surface area contributed by atoms with Gasteiger partial charge in [0.25, 0.3) is 0 Å². The van der Waals surface area contributed by atoms with Crippen molar-refractivity contribution in [3.63, 3.8) is 0 Å². The van der Waals surface area contributed by atoms with E-state index in [1.807, 2.05) is 11.5 Å². The van der Waals surface area contributed by atoms with Crippen LogP contribution in [0.3, 0.4) is 0 Å². The van der Waals surface area contributed by atoms with E-state index in [0.29, 0.717) is 23.2 Å². The Balaban J connectivity index is 2.31. The molecule has 0 aliphatic carbocycles. The highest BCUT2D eigenvalue weighted by molar-refractivity contribution is 7.89. The molecule has 1 aromatic rings. The van der Waals surface area contributed by atoms with Crippen LogP contribution in [0.15, 0.2) is 17.2 Å². The molecule has 1 aliphatic heterocycles. The fraction of sp³-hybridized carbons (Fsp3) is 0.733. The van der Waals surface area contributed by atoms with E-state index < -0.39 is 10.0 Å². The van der Waals surface area contributed by atoms with E-state index >= 15 is 0 Å². The molecular weight excluding hydrogens is 308 g/mol. The van der Waals surface area contributed by atoms with E-state index in [1.54, 1.807) is 16.6 Å². The van der Waals surface area contributed by atoms with Crippen molar-refractivity contribution in [1.29, 1.82) is 0 Å². The zero-order chi connectivity index (χ0) is 15.6. The molecule has 0 aromatic carbocycles. The number of piperidine rings is 1. The summed E-state index contributed by atoms with van der Waals surface area (Å²) < 4.78 is 29.3. The van der Waals surface area contributed by atoms with E-state index in [2.05, 4.69) is 13.8 Å². The summed E-state index contributed by atoms with van der Waals surface area (Å²) in [5, 5.41) is 0. The van der Waals surface area contributed by atoms with Crippen LogP contribution in [0.1, 0.15) is 45.7 Å². The first kappa shape index (κ1) is 16.8. The molecule has 6 heteroatoms. The number of sulfonamides is 1. The summed E-state index contributed by atoms with van der Waals surface area (Å²) in [5.41, 5.74) is 0.870. The molecule has 2 atom stereocenters. The number of halogens is 1. The zero-order valence-electron chi connectivity index (χ0n) is 13.0. The monoisotopic (exact) mass is 332 g/mol. The predicted octanol–water partition coefficient (Wildman–Crippen LogP) is 3.45. The lowest BCUT2D eigenvalue weighted by molar-refractivity contribution is 0.220. The van der Waals surface area contributed by atoms with E-state index in [0.717, 1.165) is 31.5 Å². The minimum Gasteiger partial charge on any atom is -0.349 e. The summed E-state index contributed by atoms with van der Waals surface area (Å²) in [7, 11) is -3.41. The summed E-state index contributed by atoms with van der Waals surface area (Å²) in [6, 6.07) is 1.79. The van der Waals surface area contributed by atoms with Gasteiger partial charge < -0.3 is 4.57 Å². The lowest BCUT2D eigenvalue weighted by atomic mass is 9.95. The maximum absolute atomic E-state index is 12.9. The number of hydrogen-bond acceptors (Lipinski definition) is 2. The van der Waals surface area contributed by atoms with Crippen LogP contribution >= 0.6 is 11.6 Å². The summed E-state index contributed by atoms with van der Waals surface area (Å²) in [5.74, 6) is 0.928. The van der Waals surface area contributed by atoms with Crippen LogP contribution in [0.4, 0.5) is 0 Å². The quantitative estimate of drug-likeness (QED) is 0.775. The second-order valence-electron chi connectivity index (χ2n) is 6.09. The van der Waals surface area contributed by atoms with Crippen molar-refractivity contribution >= 4 is 21.6 Å². The molecular formula is C15H25ClN2O2S. The minimum absolute atomic E-state index is 0.0627. The van der Waals surface area contributed by atoms with Gasteiger partial charge in [0.15, 0.2) is 0 Å². The standard InChI is InChI=1S/C15H25ClN2O2S/c1-4-6-17-11-15(9-14(17)10-16)21(19,20)18-7-5-12(2)8-13(18)3/h9,11-13H,4-8,10H2,1-3H3. The number of nitrogens with zero attached hydrogens (tertiary/aromatic N) is 2. The third kappa shape index (κ3) is 3.46. The average molecular weight is 333 g/mol. The topological polar surface area (TPSA) is 42.3 Å². The van der Waals surface area contributed by atoms with E-state index in [4.69, 9.17) is 11.6 Å². The van der Waals surface area contributed by atoms with Gasteiger partial charge in [0.1, 0.15) is 4.90 Å². The molecule has 1 fully saturated rings. The van der Waals surface area contributed by atoms with E-state index in [1.165, 1.54) is 0 Å². The molecule has 2 heterocycles. The zero-order valence-corrected chi connectivity index (χ0v) is 14.6. The molecule has 0 N–H and O–H groups in total. The molecule has 1 saturated heterocycles. The number of rotatable bonds is 5. The Bertz CT molecular complexity index is 582. The van der Waals surface area contributed by atoms with Crippen molar-refractivity contribution in [2.75, 3.05) is 6.54 Å². The average Bonchev–Trinajstić information content (AvgIpc) is 2.82. The minimum atomic E-state index is -3.41. The smallest absolute Gasteiger partial charge is 0.244 e. The molecule has 4 nitrogen and oxygen atoms in total. The van der Waals surface area contributed by atoms with Gasteiger partial charge >= 0.3 is 0 Å². The van der Waals surface area contributed by atoms with Gasteiger partial charge in [-0.2, -0.15) is 4.31 Å². The molecule has 2 rings (SSSR count). The Morgan fingerprint density at radius 3 is 2.67 bits per heavy atom. The summed E-state index contributed by atoms with van der Waals surface area (Å²) >= 11 is 5.94. The van der Waals surface area contributed by atoms with Crippen LogP contribution in [-0.4, -0.2) is 29.9 Å².